The van der Waals surface area contributed by atoms with Crippen LogP contribution in [0.2, 0.25) is 0 Å². The summed E-state index contributed by atoms with van der Waals surface area (Å²) >= 11 is 0. The quantitative estimate of drug-likeness (QED) is 0.914. The van der Waals surface area contributed by atoms with Gasteiger partial charge in [0.2, 0.25) is 0 Å². The van der Waals surface area contributed by atoms with Crippen LogP contribution in [-0.4, -0.2) is 24.8 Å². The standard InChI is InChI=1S/C19H27NO/c1-15-5-4-6-16(11-15)18(13-20-14-18)12-17-7-10-19(21-17)8-2-3-9-19/h4-6,11,17,20H,2-3,7-10,12-14H2,1H3. The average Bonchev–Trinajstić information content (AvgIpc) is 3.05. The van der Waals surface area contributed by atoms with Crippen molar-refractivity contribution in [2.24, 2.45) is 0 Å². The summed E-state index contributed by atoms with van der Waals surface area (Å²) in [6.45, 7) is 4.43. The van der Waals surface area contributed by atoms with Crippen molar-refractivity contribution in [2.75, 3.05) is 13.1 Å². The molecule has 2 saturated heterocycles. The fourth-order valence-corrected chi connectivity index (χ4v) is 4.73. The van der Waals surface area contributed by atoms with E-state index in [1.54, 1.807) is 0 Å². The van der Waals surface area contributed by atoms with Gasteiger partial charge in [0.25, 0.3) is 0 Å². The van der Waals surface area contributed by atoms with E-state index in [-0.39, 0.29) is 5.60 Å². The minimum Gasteiger partial charge on any atom is -0.372 e. The molecule has 4 rings (SSSR count). The molecule has 3 aliphatic rings. The van der Waals surface area contributed by atoms with Gasteiger partial charge < -0.3 is 10.1 Å². The van der Waals surface area contributed by atoms with Crippen molar-refractivity contribution in [3.05, 3.63) is 35.4 Å². The highest BCUT2D eigenvalue weighted by Crippen LogP contribution is 2.46. The van der Waals surface area contributed by atoms with Gasteiger partial charge in [-0.25, -0.2) is 0 Å². The third-order valence-corrected chi connectivity index (χ3v) is 6.03. The zero-order valence-corrected chi connectivity index (χ0v) is 13.2. The van der Waals surface area contributed by atoms with Gasteiger partial charge in [0.05, 0.1) is 11.7 Å². The molecule has 2 aliphatic heterocycles. The number of rotatable bonds is 3. The van der Waals surface area contributed by atoms with Gasteiger partial charge >= 0.3 is 0 Å². The van der Waals surface area contributed by atoms with E-state index in [0.717, 1.165) is 13.1 Å². The Labute approximate surface area is 128 Å². The number of ether oxygens (including phenoxy) is 1. The molecule has 0 amide bonds. The van der Waals surface area contributed by atoms with E-state index < -0.39 is 0 Å². The predicted molar refractivity (Wildman–Crippen MR) is 85.6 cm³/mol. The SMILES string of the molecule is Cc1cccc(C2(CC3CCC4(CCCC4)O3)CNC2)c1. The van der Waals surface area contributed by atoms with E-state index in [1.807, 2.05) is 0 Å². The highest BCUT2D eigenvalue weighted by Gasteiger charge is 2.47. The lowest BCUT2D eigenvalue weighted by Crippen LogP contribution is -2.58. The van der Waals surface area contributed by atoms with Crippen LogP contribution >= 0.6 is 0 Å². The lowest BCUT2D eigenvalue weighted by Gasteiger charge is -2.45. The molecular formula is C19H27NO. The second-order valence-corrected chi connectivity index (χ2v) is 7.63. The number of nitrogens with one attached hydrogen (secondary N) is 1. The lowest BCUT2D eigenvalue weighted by atomic mass is 9.70. The van der Waals surface area contributed by atoms with Crippen molar-refractivity contribution in [2.45, 2.75) is 69.0 Å². The van der Waals surface area contributed by atoms with Gasteiger partial charge in [-0.1, -0.05) is 42.7 Å². The van der Waals surface area contributed by atoms with Gasteiger partial charge in [0.1, 0.15) is 0 Å². The van der Waals surface area contributed by atoms with Crippen LogP contribution in [0.15, 0.2) is 24.3 Å². The number of hydrogen-bond acceptors (Lipinski definition) is 2. The second kappa shape index (κ2) is 5.10. The molecule has 0 aromatic heterocycles. The Balaban J connectivity index is 1.50. The summed E-state index contributed by atoms with van der Waals surface area (Å²) in [7, 11) is 0. The van der Waals surface area contributed by atoms with Gasteiger partial charge in [-0.15, -0.1) is 0 Å². The van der Waals surface area contributed by atoms with Crippen LogP contribution in [0, 0.1) is 6.92 Å². The summed E-state index contributed by atoms with van der Waals surface area (Å²) in [4.78, 5) is 0. The molecule has 1 aromatic carbocycles. The Hall–Kier alpha value is -0.860. The first-order valence-corrected chi connectivity index (χ1v) is 8.66. The van der Waals surface area contributed by atoms with Crippen LogP contribution in [0.5, 0.6) is 0 Å². The van der Waals surface area contributed by atoms with Gasteiger partial charge in [0, 0.05) is 18.5 Å². The highest BCUT2D eigenvalue weighted by atomic mass is 16.5. The van der Waals surface area contributed by atoms with Crippen LogP contribution in [-0.2, 0) is 10.2 Å². The maximum atomic E-state index is 6.57. The molecule has 0 bridgehead atoms. The molecule has 1 aromatic rings. The van der Waals surface area contributed by atoms with Crippen LogP contribution < -0.4 is 5.32 Å². The molecule has 1 atom stereocenters. The van der Waals surface area contributed by atoms with E-state index >= 15 is 0 Å². The molecule has 1 N–H and O–H groups in total. The average molecular weight is 285 g/mol. The summed E-state index contributed by atoms with van der Waals surface area (Å²) < 4.78 is 6.57. The minimum atomic E-state index is 0.273. The molecule has 2 heterocycles. The van der Waals surface area contributed by atoms with E-state index in [9.17, 15) is 0 Å². The highest BCUT2D eigenvalue weighted by molar-refractivity contribution is 5.33. The van der Waals surface area contributed by atoms with Crippen LogP contribution in [0.3, 0.4) is 0 Å². The first-order valence-electron chi connectivity index (χ1n) is 8.66. The van der Waals surface area contributed by atoms with Gasteiger partial charge in [-0.3, -0.25) is 0 Å². The van der Waals surface area contributed by atoms with E-state index in [4.69, 9.17) is 4.74 Å². The van der Waals surface area contributed by atoms with Crippen LogP contribution in [0.4, 0.5) is 0 Å². The largest absolute Gasteiger partial charge is 0.372 e. The molecule has 0 radical (unpaired) electrons. The molecule has 2 nitrogen and oxygen atoms in total. The minimum absolute atomic E-state index is 0.273. The Morgan fingerprint density at radius 2 is 2.00 bits per heavy atom. The lowest BCUT2D eigenvalue weighted by molar-refractivity contribution is -0.0501. The maximum absolute atomic E-state index is 6.57. The first kappa shape index (κ1) is 13.8. The van der Waals surface area contributed by atoms with E-state index in [0.29, 0.717) is 11.5 Å². The van der Waals surface area contributed by atoms with Crippen molar-refractivity contribution in [3.63, 3.8) is 0 Å². The maximum Gasteiger partial charge on any atom is 0.0687 e. The zero-order chi connectivity index (χ0) is 14.3. The topological polar surface area (TPSA) is 21.3 Å². The van der Waals surface area contributed by atoms with E-state index in [2.05, 4.69) is 36.5 Å². The number of benzene rings is 1. The number of hydrogen-bond donors (Lipinski definition) is 1. The summed E-state index contributed by atoms with van der Waals surface area (Å²) in [5.41, 5.74) is 3.48. The van der Waals surface area contributed by atoms with Gasteiger partial charge in [0.15, 0.2) is 0 Å². The molecular weight excluding hydrogens is 258 g/mol. The van der Waals surface area contributed by atoms with Gasteiger partial charge in [-0.05, 0) is 44.6 Å². The zero-order valence-electron chi connectivity index (χ0n) is 13.2. The second-order valence-electron chi connectivity index (χ2n) is 7.63. The molecule has 3 fully saturated rings. The molecule has 114 valence electrons. The normalized spacial score (nSPS) is 29.7. The van der Waals surface area contributed by atoms with Crippen LogP contribution in [0.25, 0.3) is 0 Å². The molecule has 1 aliphatic carbocycles. The molecule has 1 unspecified atom stereocenters. The summed E-state index contributed by atoms with van der Waals surface area (Å²) in [5.74, 6) is 0. The van der Waals surface area contributed by atoms with Crippen LogP contribution in [0.1, 0.15) is 56.1 Å². The summed E-state index contributed by atoms with van der Waals surface area (Å²) in [6.07, 6.45) is 9.60. The fraction of sp³-hybridized carbons (Fsp3) is 0.684. The Morgan fingerprint density at radius 3 is 2.67 bits per heavy atom. The van der Waals surface area contributed by atoms with Crippen molar-refractivity contribution < 1.29 is 4.74 Å². The smallest absolute Gasteiger partial charge is 0.0687 e. The van der Waals surface area contributed by atoms with Crippen molar-refractivity contribution in [1.29, 1.82) is 0 Å². The molecule has 1 saturated carbocycles. The van der Waals surface area contributed by atoms with Crippen molar-refractivity contribution in [1.82, 2.24) is 5.32 Å². The Kier molecular flexibility index (Phi) is 3.35. The van der Waals surface area contributed by atoms with Crippen molar-refractivity contribution in [3.8, 4) is 0 Å². The molecule has 2 heteroatoms. The monoisotopic (exact) mass is 285 g/mol. The molecule has 1 spiro atoms. The third kappa shape index (κ3) is 2.43. The van der Waals surface area contributed by atoms with E-state index in [1.165, 1.54) is 56.1 Å². The van der Waals surface area contributed by atoms with Gasteiger partial charge in [-0.2, -0.15) is 0 Å². The molecule has 21 heavy (non-hydrogen) atoms. The summed E-state index contributed by atoms with van der Waals surface area (Å²) in [5, 5.41) is 3.50. The number of aryl methyl sites for hydroxylation is 1. The fourth-order valence-electron chi connectivity index (χ4n) is 4.73. The predicted octanol–water partition coefficient (Wildman–Crippen LogP) is 3.72. The Morgan fingerprint density at radius 1 is 1.19 bits per heavy atom. The summed E-state index contributed by atoms with van der Waals surface area (Å²) in [6, 6.07) is 9.09. The van der Waals surface area contributed by atoms with Crippen molar-refractivity contribution >= 4 is 0 Å². The first-order chi connectivity index (χ1) is 10.2. The Bertz CT molecular complexity index is 514. The third-order valence-electron chi connectivity index (χ3n) is 6.03.